The van der Waals surface area contributed by atoms with Gasteiger partial charge in [-0.05, 0) is 36.5 Å². The van der Waals surface area contributed by atoms with Gasteiger partial charge in [-0.1, -0.05) is 6.07 Å². The monoisotopic (exact) mass is 490 g/mol. The van der Waals surface area contributed by atoms with Crippen LogP contribution < -0.4 is 15.4 Å². The molecular formula is C25H26N6O5. The van der Waals surface area contributed by atoms with Crippen molar-refractivity contribution in [1.29, 1.82) is 0 Å². The lowest BCUT2D eigenvalue weighted by atomic mass is 9.97. The first kappa shape index (κ1) is 23.5. The number of fused-ring (bicyclic) bond motifs is 2. The summed E-state index contributed by atoms with van der Waals surface area (Å²) in [7, 11) is 0. The van der Waals surface area contributed by atoms with Gasteiger partial charge in [-0.15, -0.1) is 0 Å². The molecule has 2 aromatic heterocycles. The van der Waals surface area contributed by atoms with Crippen LogP contribution >= 0.6 is 0 Å². The Kier molecular flexibility index (Phi) is 6.36. The number of esters is 1. The molecule has 2 aliphatic rings. The number of hydrogen-bond acceptors (Lipinski definition) is 7. The van der Waals surface area contributed by atoms with Crippen molar-refractivity contribution in [3.63, 3.8) is 0 Å². The Morgan fingerprint density at radius 1 is 1.08 bits per heavy atom. The van der Waals surface area contributed by atoms with Gasteiger partial charge in [0.1, 0.15) is 17.1 Å². The third-order valence-corrected chi connectivity index (χ3v) is 6.57. The molecule has 0 spiro atoms. The fraction of sp³-hybridized carbons (Fsp3) is 0.360. The summed E-state index contributed by atoms with van der Waals surface area (Å²) in [5.41, 5.74) is 2.30. The van der Waals surface area contributed by atoms with Crippen molar-refractivity contribution in [3.8, 4) is 5.75 Å². The summed E-state index contributed by atoms with van der Waals surface area (Å²) in [4.78, 5) is 55.0. The fourth-order valence-corrected chi connectivity index (χ4v) is 4.54. The molecule has 0 bridgehead atoms. The van der Waals surface area contributed by atoms with Crippen LogP contribution in [0.1, 0.15) is 51.9 Å². The van der Waals surface area contributed by atoms with Crippen LogP contribution in [0.3, 0.4) is 0 Å². The number of likely N-dealkylation sites (tertiary alicyclic amines) is 1. The number of hydrogen-bond donors (Lipinski definition) is 2. The molecule has 0 aliphatic carbocycles. The number of aromatic nitrogens is 3. The summed E-state index contributed by atoms with van der Waals surface area (Å²) in [6, 6.07) is 8.38. The molecule has 1 aromatic carbocycles. The van der Waals surface area contributed by atoms with Gasteiger partial charge in [0.05, 0.1) is 12.6 Å². The predicted molar refractivity (Wildman–Crippen MR) is 127 cm³/mol. The Labute approximate surface area is 206 Å². The molecule has 0 saturated carbocycles. The zero-order valence-electron chi connectivity index (χ0n) is 19.8. The van der Waals surface area contributed by atoms with Gasteiger partial charge in [-0.2, -0.15) is 5.10 Å². The summed E-state index contributed by atoms with van der Waals surface area (Å²) in [6.45, 7) is 3.64. The van der Waals surface area contributed by atoms with E-state index in [2.05, 4.69) is 20.7 Å². The highest BCUT2D eigenvalue weighted by Crippen LogP contribution is 2.26. The smallest absolute Gasteiger partial charge is 0.315 e. The van der Waals surface area contributed by atoms with Gasteiger partial charge in [0.25, 0.3) is 11.8 Å². The second-order valence-electron chi connectivity index (χ2n) is 9.06. The van der Waals surface area contributed by atoms with E-state index in [1.165, 1.54) is 16.8 Å². The Bertz CT molecular complexity index is 1360. The van der Waals surface area contributed by atoms with Crippen molar-refractivity contribution in [2.75, 3.05) is 19.6 Å². The van der Waals surface area contributed by atoms with Gasteiger partial charge >= 0.3 is 5.97 Å². The maximum Gasteiger partial charge on any atom is 0.315 e. The molecule has 1 fully saturated rings. The number of piperidine rings is 1. The maximum absolute atomic E-state index is 13.0. The molecule has 4 heterocycles. The minimum atomic E-state index is -0.433. The minimum absolute atomic E-state index is 0.0708. The normalized spacial score (nSPS) is 15.5. The van der Waals surface area contributed by atoms with E-state index in [0.29, 0.717) is 31.0 Å². The average molecular weight is 491 g/mol. The van der Waals surface area contributed by atoms with E-state index >= 15 is 0 Å². The molecule has 2 aliphatic heterocycles. The van der Waals surface area contributed by atoms with Gasteiger partial charge in [0.2, 0.25) is 5.91 Å². The van der Waals surface area contributed by atoms with Crippen LogP contribution in [0.15, 0.2) is 36.5 Å². The number of nitrogens with one attached hydrogen (secondary N) is 2. The lowest BCUT2D eigenvalue weighted by Gasteiger charge is -2.31. The Hall–Kier alpha value is -4.28. The van der Waals surface area contributed by atoms with Gasteiger partial charge in [0, 0.05) is 50.8 Å². The molecule has 1 saturated heterocycles. The molecule has 2 N–H and O–H groups in total. The SMILES string of the molecule is CC(=O)N1CCC(CNC(=O)c2cc(C(=O)NCc3ccc4c(c3)CC(=O)O4)nc3ccnn23)CC1. The number of ether oxygens (including phenoxy) is 1. The maximum atomic E-state index is 13.0. The number of amides is 3. The lowest BCUT2D eigenvalue weighted by Crippen LogP contribution is -2.40. The molecule has 36 heavy (non-hydrogen) atoms. The van der Waals surface area contributed by atoms with E-state index in [1.54, 1.807) is 25.1 Å². The van der Waals surface area contributed by atoms with E-state index in [1.807, 2.05) is 11.0 Å². The topological polar surface area (TPSA) is 135 Å². The standard InChI is InChI=1S/C25H26N6O5/c1-15(32)30-8-5-16(6-9-30)13-27-25(35)20-12-19(29-22-4-7-28-31(20)22)24(34)26-14-17-2-3-21-18(10-17)11-23(33)36-21/h2-4,7,10,12,16H,5-6,8-9,11,13-14H2,1H3,(H,26,34)(H,27,35). The number of nitrogens with zero attached hydrogens (tertiary/aromatic N) is 4. The van der Waals surface area contributed by atoms with Crippen molar-refractivity contribution >= 4 is 29.3 Å². The molecule has 11 heteroatoms. The highest BCUT2D eigenvalue weighted by Gasteiger charge is 2.23. The van der Waals surface area contributed by atoms with Crippen LogP contribution in [0.25, 0.3) is 5.65 Å². The highest BCUT2D eigenvalue weighted by molar-refractivity contribution is 5.98. The molecule has 5 rings (SSSR count). The number of carbonyl (C=O) groups excluding carboxylic acids is 4. The molecule has 11 nitrogen and oxygen atoms in total. The lowest BCUT2D eigenvalue weighted by molar-refractivity contribution is -0.132. The molecule has 0 unspecified atom stereocenters. The molecule has 3 amide bonds. The molecule has 0 radical (unpaired) electrons. The van der Waals surface area contributed by atoms with E-state index in [4.69, 9.17) is 4.74 Å². The molecule has 3 aromatic rings. The first-order valence-electron chi connectivity index (χ1n) is 11.9. The van der Waals surface area contributed by atoms with Crippen LogP contribution in [0.2, 0.25) is 0 Å². The zero-order chi connectivity index (χ0) is 25.2. The summed E-state index contributed by atoms with van der Waals surface area (Å²) < 4.78 is 6.50. The van der Waals surface area contributed by atoms with Crippen molar-refractivity contribution in [2.24, 2.45) is 5.92 Å². The largest absolute Gasteiger partial charge is 0.426 e. The number of carbonyl (C=O) groups is 4. The van der Waals surface area contributed by atoms with Crippen molar-refractivity contribution in [2.45, 2.75) is 32.7 Å². The Morgan fingerprint density at radius 3 is 2.67 bits per heavy atom. The summed E-state index contributed by atoms with van der Waals surface area (Å²) in [5, 5.41) is 9.94. The van der Waals surface area contributed by atoms with E-state index in [9.17, 15) is 19.2 Å². The summed E-state index contributed by atoms with van der Waals surface area (Å²) in [5.74, 6) is -0.189. The molecular weight excluding hydrogens is 464 g/mol. The van der Waals surface area contributed by atoms with Gasteiger partial charge in [-0.25, -0.2) is 9.50 Å². The third-order valence-electron chi connectivity index (χ3n) is 6.57. The Morgan fingerprint density at radius 2 is 1.89 bits per heavy atom. The Balaban J connectivity index is 1.24. The van der Waals surface area contributed by atoms with Crippen molar-refractivity contribution in [3.05, 3.63) is 59.0 Å². The second kappa shape index (κ2) is 9.76. The average Bonchev–Trinajstić information content (AvgIpc) is 3.50. The van der Waals surface area contributed by atoms with Gasteiger partial charge < -0.3 is 20.3 Å². The summed E-state index contributed by atoms with van der Waals surface area (Å²) in [6.07, 6.45) is 3.38. The molecule has 0 atom stereocenters. The third kappa shape index (κ3) is 4.90. The molecule has 186 valence electrons. The first-order chi connectivity index (χ1) is 17.4. The predicted octanol–water partition coefficient (Wildman–Crippen LogP) is 1.11. The zero-order valence-corrected chi connectivity index (χ0v) is 19.8. The van der Waals surface area contributed by atoms with E-state index in [0.717, 1.165) is 24.0 Å². The van der Waals surface area contributed by atoms with Crippen LogP contribution in [0.5, 0.6) is 5.75 Å². The fourth-order valence-electron chi connectivity index (χ4n) is 4.54. The minimum Gasteiger partial charge on any atom is -0.426 e. The van der Waals surface area contributed by atoms with Crippen molar-refractivity contribution in [1.82, 2.24) is 30.1 Å². The number of rotatable bonds is 6. The number of benzene rings is 1. The highest BCUT2D eigenvalue weighted by atomic mass is 16.5. The van der Waals surface area contributed by atoms with Crippen LogP contribution in [-0.4, -0.2) is 62.8 Å². The summed E-state index contributed by atoms with van der Waals surface area (Å²) >= 11 is 0. The van der Waals surface area contributed by atoms with Crippen LogP contribution in [0, 0.1) is 5.92 Å². The van der Waals surface area contributed by atoms with Gasteiger partial charge in [0.15, 0.2) is 5.65 Å². The van der Waals surface area contributed by atoms with E-state index in [-0.39, 0.29) is 48.1 Å². The first-order valence-corrected chi connectivity index (χ1v) is 11.9. The van der Waals surface area contributed by atoms with Crippen molar-refractivity contribution < 1.29 is 23.9 Å². The van der Waals surface area contributed by atoms with E-state index < -0.39 is 5.91 Å². The van der Waals surface area contributed by atoms with Gasteiger partial charge in [-0.3, -0.25) is 19.2 Å². The quantitative estimate of drug-likeness (QED) is 0.390. The van der Waals surface area contributed by atoms with Crippen LogP contribution in [0.4, 0.5) is 0 Å². The second-order valence-corrected chi connectivity index (χ2v) is 9.06. The van der Waals surface area contributed by atoms with Crippen LogP contribution in [-0.2, 0) is 22.6 Å².